The average molecular weight is 223 g/mol. The second-order valence-corrected chi connectivity index (χ2v) is 4.62. The summed E-state index contributed by atoms with van der Waals surface area (Å²) >= 11 is 0. The SMILES string of the molecule is CC[C@](C)(CO)CNc1nc(C)cnc1C. The number of nitrogens with one attached hydrogen (secondary N) is 1. The zero-order valence-electron chi connectivity index (χ0n) is 10.5. The summed E-state index contributed by atoms with van der Waals surface area (Å²) in [5.41, 5.74) is 1.69. The molecule has 0 saturated carbocycles. The van der Waals surface area contributed by atoms with Gasteiger partial charge >= 0.3 is 0 Å². The van der Waals surface area contributed by atoms with Crippen LogP contribution in [0.1, 0.15) is 31.7 Å². The van der Waals surface area contributed by atoms with Gasteiger partial charge in [-0.1, -0.05) is 13.8 Å². The first kappa shape index (κ1) is 12.9. The van der Waals surface area contributed by atoms with E-state index in [2.05, 4.69) is 29.1 Å². The highest BCUT2D eigenvalue weighted by Gasteiger charge is 2.21. The first-order chi connectivity index (χ1) is 7.50. The molecule has 1 aromatic heterocycles. The fourth-order valence-corrected chi connectivity index (χ4v) is 1.29. The Morgan fingerprint density at radius 3 is 2.69 bits per heavy atom. The number of hydrogen-bond donors (Lipinski definition) is 2. The van der Waals surface area contributed by atoms with E-state index in [4.69, 9.17) is 0 Å². The molecule has 0 spiro atoms. The van der Waals surface area contributed by atoms with Gasteiger partial charge in [0.05, 0.1) is 18.0 Å². The zero-order valence-corrected chi connectivity index (χ0v) is 10.5. The third-order valence-corrected chi connectivity index (χ3v) is 2.99. The largest absolute Gasteiger partial charge is 0.396 e. The predicted molar refractivity (Wildman–Crippen MR) is 65.5 cm³/mol. The van der Waals surface area contributed by atoms with Crippen molar-refractivity contribution in [3.8, 4) is 0 Å². The Kier molecular flexibility index (Phi) is 4.24. The minimum absolute atomic E-state index is 0.0993. The second-order valence-electron chi connectivity index (χ2n) is 4.62. The number of nitrogens with zero attached hydrogens (tertiary/aromatic N) is 2. The number of rotatable bonds is 5. The van der Waals surface area contributed by atoms with Crippen LogP contribution in [0.4, 0.5) is 5.82 Å². The number of aromatic nitrogens is 2. The number of hydrogen-bond acceptors (Lipinski definition) is 4. The van der Waals surface area contributed by atoms with Gasteiger partial charge in [0.2, 0.25) is 0 Å². The zero-order chi connectivity index (χ0) is 12.2. The van der Waals surface area contributed by atoms with Crippen LogP contribution in [0.5, 0.6) is 0 Å². The maximum atomic E-state index is 9.31. The van der Waals surface area contributed by atoms with Crippen molar-refractivity contribution in [2.75, 3.05) is 18.5 Å². The van der Waals surface area contributed by atoms with E-state index in [0.717, 1.165) is 23.6 Å². The van der Waals surface area contributed by atoms with Gasteiger partial charge in [-0.15, -0.1) is 0 Å². The van der Waals surface area contributed by atoms with Crippen LogP contribution in [0, 0.1) is 19.3 Å². The lowest BCUT2D eigenvalue weighted by Gasteiger charge is -2.26. The van der Waals surface area contributed by atoms with Crippen molar-refractivity contribution in [1.82, 2.24) is 9.97 Å². The maximum absolute atomic E-state index is 9.31. The Morgan fingerprint density at radius 1 is 1.44 bits per heavy atom. The minimum atomic E-state index is -0.0993. The quantitative estimate of drug-likeness (QED) is 0.800. The first-order valence-electron chi connectivity index (χ1n) is 5.66. The molecule has 1 aromatic rings. The van der Waals surface area contributed by atoms with E-state index in [0.29, 0.717) is 6.54 Å². The van der Waals surface area contributed by atoms with Crippen molar-refractivity contribution in [2.45, 2.75) is 34.1 Å². The number of aliphatic hydroxyl groups excluding tert-OH is 1. The summed E-state index contributed by atoms with van der Waals surface area (Å²) in [7, 11) is 0. The van der Waals surface area contributed by atoms with Crippen LogP contribution in [-0.2, 0) is 0 Å². The summed E-state index contributed by atoms with van der Waals surface area (Å²) in [6.07, 6.45) is 2.68. The molecule has 0 saturated heterocycles. The summed E-state index contributed by atoms with van der Waals surface area (Å²) in [6.45, 7) is 8.86. The highest BCUT2D eigenvalue weighted by molar-refractivity contribution is 5.39. The van der Waals surface area contributed by atoms with Gasteiger partial charge in [0.15, 0.2) is 0 Å². The summed E-state index contributed by atoms with van der Waals surface area (Å²) in [4.78, 5) is 8.63. The lowest BCUT2D eigenvalue weighted by molar-refractivity contribution is 0.149. The molecule has 2 N–H and O–H groups in total. The standard InChI is InChI=1S/C12H21N3O/c1-5-12(4,8-16)7-14-11-10(3)13-6-9(2)15-11/h6,16H,5,7-8H2,1-4H3,(H,14,15)/t12-/m0/s1. The molecule has 0 aliphatic heterocycles. The van der Waals surface area contributed by atoms with Crippen LogP contribution < -0.4 is 5.32 Å². The number of aliphatic hydroxyl groups is 1. The molecule has 0 amide bonds. The van der Waals surface area contributed by atoms with Crippen LogP contribution in [0.2, 0.25) is 0 Å². The molecule has 16 heavy (non-hydrogen) atoms. The minimum Gasteiger partial charge on any atom is -0.396 e. The van der Waals surface area contributed by atoms with Gasteiger partial charge in [-0.3, -0.25) is 4.98 Å². The van der Waals surface area contributed by atoms with E-state index in [-0.39, 0.29) is 12.0 Å². The molecule has 0 radical (unpaired) electrons. The van der Waals surface area contributed by atoms with Gasteiger partial charge in [-0.25, -0.2) is 4.98 Å². The molecule has 0 aliphatic carbocycles. The van der Waals surface area contributed by atoms with Crippen molar-refractivity contribution in [2.24, 2.45) is 5.41 Å². The van der Waals surface area contributed by atoms with Crippen molar-refractivity contribution in [3.05, 3.63) is 17.6 Å². The summed E-state index contributed by atoms with van der Waals surface area (Å²) in [5.74, 6) is 0.813. The molecule has 0 unspecified atom stereocenters. The van der Waals surface area contributed by atoms with Crippen molar-refractivity contribution in [1.29, 1.82) is 0 Å². The third-order valence-electron chi connectivity index (χ3n) is 2.99. The third kappa shape index (κ3) is 3.17. The Bertz CT molecular complexity index is 348. The summed E-state index contributed by atoms with van der Waals surface area (Å²) in [5, 5.41) is 12.6. The average Bonchev–Trinajstić information content (AvgIpc) is 2.30. The van der Waals surface area contributed by atoms with Gasteiger partial charge in [-0.2, -0.15) is 0 Å². The van der Waals surface area contributed by atoms with Crippen molar-refractivity contribution in [3.63, 3.8) is 0 Å². The van der Waals surface area contributed by atoms with Crippen LogP contribution >= 0.6 is 0 Å². The van der Waals surface area contributed by atoms with Gasteiger partial charge < -0.3 is 10.4 Å². The Morgan fingerprint density at radius 2 is 2.12 bits per heavy atom. The van der Waals surface area contributed by atoms with E-state index in [1.54, 1.807) is 6.20 Å². The monoisotopic (exact) mass is 223 g/mol. The lowest BCUT2D eigenvalue weighted by atomic mass is 9.89. The second kappa shape index (κ2) is 5.25. The number of aryl methyl sites for hydroxylation is 2. The number of anilines is 1. The predicted octanol–water partition coefficient (Wildman–Crippen LogP) is 1.91. The molecular formula is C12H21N3O. The Labute approximate surface area is 97.1 Å². The fourth-order valence-electron chi connectivity index (χ4n) is 1.29. The van der Waals surface area contributed by atoms with Gasteiger partial charge in [0.1, 0.15) is 5.82 Å². The van der Waals surface area contributed by atoms with Gasteiger partial charge in [0.25, 0.3) is 0 Å². The van der Waals surface area contributed by atoms with E-state index >= 15 is 0 Å². The molecule has 0 bridgehead atoms. The van der Waals surface area contributed by atoms with Crippen molar-refractivity contribution < 1.29 is 5.11 Å². The molecule has 0 fully saturated rings. The first-order valence-corrected chi connectivity index (χ1v) is 5.66. The van der Waals surface area contributed by atoms with E-state index < -0.39 is 0 Å². The van der Waals surface area contributed by atoms with E-state index in [9.17, 15) is 5.11 Å². The molecule has 4 nitrogen and oxygen atoms in total. The van der Waals surface area contributed by atoms with Gasteiger partial charge in [0, 0.05) is 18.2 Å². The fraction of sp³-hybridized carbons (Fsp3) is 0.667. The topological polar surface area (TPSA) is 58.0 Å². The highest BCUT2D eigenvalue weighted by Crippen LogP contribution is 2.21. The highest BCUT2D eigenvalue weighted by atomic mass is 16.3. The van der Waals surface area contributed by atoms with Gasteiger partial charge in [-0.05, 0) is 20.3 Å². The van der Waals surface area contributed by atoms with Crippen molar-refractivity contribution >= 4 is 5.82 Å². The Hall–Kier alpha value is -1.16. The molecule has 0 aliphatic rings. The van der Waals surface area contributed by atoms with E-state index in [1.807, 2.05) is 13.8 Å². The molecular weight excluding hydrogens is 202 g/mol. The normalized spacial score (nSPS) is 14.6. The van der Waals surface area contributed by atoms with Crippen LogP contribution in [0.25, 0.3) is 0 Å². The van der Waals surface area contributed by atoms with Crippen LogP contribution in [0.15, 0.2) is 6.20 Å². The molecule has 1 rings (SSSR count). The smallest absolute Gasteiger partial charge is 0.147 e. The summed E-state index contributed by atoms with van der Waals surface area (Å²) in [6, 6.07) is 0. The molecule has 4 heteroatoms. The van der Waals surface area contributed by atoms with Crippen LogP contribution in [-0.4, -0.2) is 28.2 Å². The maximum Gasteiger partial charge on any atom is 0.147 e. The lowest BCUT2D eigenvalue weighted by Crippen LogP contribution is -2.30. The summed E-state index contributed by atoms with van der Waals surface area (Å²) < 4.78 is 0. The molecule has 0 aromatic carbocycles. The van der Waals surface area contributed by atoms with Crippen LogP contribution in [0.3, 0.4) is 0 Å². The molecule has 90 valence electrons. The molecule has 1 atom stereocenters. The van der Waals surface area contributed by atoms with E-state index in [1.165, 1.54) is 0 Å². The Balaban J connectivity index is 2.70. The molecule has 1 heterocycles.